The summed E-state index contributed by atoms with van der Waals surface area (Å²) in [5, 5.41) is 0. The van der Waals surface area contributed by atoms with Crippen LogP contribution in [0.25, 0.3) is 0 Å². The van der Waals surface area contributed by atoms with Crippen LogP contribution in [-0.2, 0) is 9.59 Å². The molecular formula is C21H28N4O4S. The Morgan fingerprint density at radius 1 is 1.33 bits per heavy atom. The second-order valence-electron chi connectivity index (χ2n) is 8.36. The highest BCUT2D eigenvalue weighted by Gasteiger charge is 2.32. The van der Waals surface area contributed by atoms with Crippen molar-refractivity contribution in [1.29, 1.82) is 0 Å². The lowest BCUT2D eigenvalue weighted by Gasteiger charge is -2.20. The molecule has 1 aliphatic heterocycles. The third-order valence-corrected chi connectivity index (χ3v) is 6.26. The highest BCUT2D eigenvalue weighted by molar-refractivity contribution is 7.01. The first-order valence-electron chi connectivity index (χ1n) is 10.4. The molecule has 9 heteroatoms. The van der Waals surface area contributed by atoms with E-state index < -0.39 is 0 Å². The highest BCUT2D eigenvalue weighted by atomic mass is 32.1. The summed E-state index contributed by atoms with van der Waals surface area (Å²) in [5.74, 6) is 2.94. The largest absolute Gasteiger partial charge is 0.493 e. The Hall–Kier alpha value is -2.55. The van der Waals surface area contributed by atoms with Gasteiger partial charge in [0.1, 0.15) is 6.54 Å². The van der Waals surface area contributed by atoms with Gasteiger partial charge in [-0.1, -0.05) is 19.9 Å². The molecule has 1 aromatic heterocycles. The molecule has 162 valence electrons. The number of likely N-dealkylation sites (tertiary alicyclic amines) is 1. The van der Waals surface area contributed by atoms with Crippen LogP contribution in [0.1, 0.15) is 56.3 Å². The summed E-state index contributed by atoms with van der Waals surface area (Å²) in [5.41, 5.74) is 3.84. The minimum atomic E-state index is -0.215. The van der Waals surface area contributed by atoms with Crippen LogP contribution in [0.3, 0.4) is 0 Å². The fraction of sp³-hybridized carbons (Fsp3) is 0.571. The van der Waals surface area contributed by atoms with E-state index >= 15 is 0 Å². The van der Waals surface area contributed by atoms with E-state index in [0.29, 0.717) is 31.2 Å². The van der Waals surface area contributed by atoms with Crippen LogP contribution in [0.5, 0.6) is 11.5 Å². The van der Waals surface area contributed by atoms with Crippen LogP contribution in [-0.4, -0.2) is 52.0 Å². The van der Waals surface area contributed by atoms with E-state index in [1.165, 1.54) is 24.6 Å². The van der Waals surface area contributed by atoms with Crippen LogP contribution < -0.4 is 14.9 Å². The Balaban J connectivity index is 1.37. The van der Waals surface area contributed by atoms with Gasteiger partial charge in [0.25, 0.3) is 5.91 Å². The Morgan fingerprint density at radius 2 is 2.13 bits per heavy atom. The molecule has 4 rings (SSSR count). The van der Waals surface area contributed by atoms with Crippen molar-refractivity contribution in [3.05, 3.63) is 29.6 Å². The number of hydrogen-bond donors (Lipinski definition) is 1. The third kappa shape index (κ3) is 4.61. The van der Waals surface area contributed by atoms with E-state index in [1.54, 1.807) is 16.1 Å². The van der Waals surface area contributed by atoms with Crippen molar-refractivity contribution in [2.45, 2.75) is 44.9 Å². The van der Waals surface area contributed by atoms with Crippen LogP contribution in [0.2, 0.25) is 0 Å². The number of carbonyl (C=O) groups is 2. The fourth-order valence-corrected chi connectivity index (χ4v) is 4.39. The van der Waals surface area contributed by atoms with Gasteiger partial charge in [0, 0.05) is 24.8 Å². The molecule has 1 saturated heterocycles. The van der Waals surface area contributed by atoms with Gasteiger partial charge in [0.2, 0.25) is 5.91 Å². The number of carbonyl (C=O) groups excluding carboxylic acids is 2. The molecule has 30 heavy (non-hydrogen) atoms. The molecule has 1 aromatic carbocycles. The lowest BCUT2D eigenvalue weighted by molar-refractivity contribution is -0.131. The van der Waals surface area contributed by atoms with Crippen molar-refractivity contribution in [2.24, 2.45) is 5.92 Å². The molecule has 1 unspecified atom stereocenters. The van der Waals surface area contributed by atoms with Crippen molar-refractivity contribution in [1.82, 2.24) is 13.3 Å². The Kier molecular flexibility index (Phi) is 5.99. The van der Waals surface area contributed by atoms with Gasteiger partial charge in [-0.3, -0.25) is 9.59 Å². The second kappa shape index (κ2) is 8.67. The molecule has 8 nitrogen and oxygen atoms in total. The fourth-order valence-electron chi connectivity index (χ4n) is 3.57. The molecule has 2 aromatic rings. The molecule has 2 fully saturated rings. The first-order valence-corrected chi connectivity index (χ1v) is 11.1. The summed E-state index contributed by atoms with van der Waals surface area (Å²) in [4.78, 5) is 26.5. The standard InChI is InChI=1S/C21H28N4O4S/c1-13(2)21-23-30-25(21)22-19(26)11-24-10-16(9-20(24)27)15-6-7-17(28-3)18(8-15)29-12-14-4-5-14/h6-8,13-14,16H,4-5,9-12H2,1-3H3,(H,22,26). The van der Waals surface area contributed by atoms with Crippen molar-refractivity contribution in [3.8, 4) is 11.5 Å². The van der Waals surface area contributed by atoms with Gasteiger partial charge in [-0.2, -0.15) is 8.44 Å². The van der Waals surface area contributed by atoms with Crippen molar-refractivity contribution < 1.29 is 19.1 Å². The molecule has 1 atom stereocenters. The lowest BCUT2D eigenvalue weighted by Crippen LogP contribution is -2.38. The summed E-state index contributed by atoms with van der Waals surface area (Å²) in [6.45, 7) is 5.29. The van der Waals surface area contributed by atoms with E-state index in [0.717, 1.165) is 17.1 Å². The first kappa shape index (κ1) is 20.7. The average molecular weight is 433 g/mol. The molecule has 0 radical (unpaired) electrons. The first-order chi connectivity index (χ1) is 14.4. The summed E-state index contributed by atoms with van der Waals surface area (Å²) >= 11 is 1.20. The zero-order chi connectivity index (χ0) is 21.3. The lowest BCUT2D eigenvalue weighted by atomic mass is 9.98. The predicted molar refractivity (Wildman–Crippen MR) is 114 cm³/mol. The number of methoxy groups -OCH3 is 1. The molecule has 2 aliphatic rings. The summed E-state index contributed by atoms with van der Waals surface area (Å²) in [6, 6.07) is 5.85. The second-order valence-corrected chi connectivity index (χ2v) is 9.07. The summed E-state index contributed by atoms with van der Waals surface area (Å²) in [6.07, 6.45) is 2.83. The van der Waals surface area contributed by atoms with E-state index in [-0.39, 0.29) is 30.2 Å². The topological polar surface area (TPSA) is 85.7 Å². The van der Waals surface area contributed by atoms with E-state index in [4.69, 9.17) is 9.47 Å². The molecule has 0 bridgehead atoms. The normalized spacial score (nSPS) is 18.9. The number of benzene rings is 1. The maximum atomic E-state index is 12.5. The van der Waals surface area contributed by atoms with Gasteiger partial charge in [0.05, 0.1) is 25.4 Å². The van der Waals surface area contributed by atoms with Crippen molar-refractivity contribution in [3.63, 3.8) is 0 Å². The van der Waals surface area contributed by atoms with Gasteiger partial charge >= 0.3 is 0 Å². The number of aromatic nitrogens is 2. The van der Waals surface area contributed by atoms with Crippen molar-refractivity contribution >= 4 is 23.5 Å². The molecule has 2 amide bonds. The maximum absolute atomic E-state index is 12.5. The maximum Gasteiger partial charge on any atom is 0.259 e. The van der Waals surface area contributed by atoms with E-state index in [9.17, 15) is 9.59 Å². The molecular weight excluding hydrogens is 404 g/mol. The van der Waals surface area contributed by atoms with E-state index in [2.05, 4.69) is 9.80 Å². The van der Waals surface area contributed by atoms with Gasteiger partial charge < -0.3 is 14.4 Å². The summed E-state index contributed by atoms with van der Waals surface area (Å²) < 4.78 is 17.2. The number of nitrogens with zero attached hydrogens (tertiary/aromatic N) is 3. The molecule has 1 saturated carbocycles. The van der Waals surface area contributed by atoms with Crippen LogP contribution in [0.4, 0.5) is 0 Å². The minimum absolute atomic E-state index is 0.0135. The monoisotopic (exact) mass is 432 g/mol. The number of ether oxygens (including phenoxy) is 2. The highest BCUT2D eigenvalue weighted by Crippen LogP contribution is 2.36. The Bertz CT molecular complexity index is 918. The van der Waals surface area contributed by atoms with Gasteiger partial charge in [-0.05, 0) is 36.5 Å². The Labute approximate surface area is 180 Å². The van der Waals surface area contributed by atoms with Gasteiger partial charge in [0.15, 0.2) is 17.3 Å². The molecule has 1 N–H and O–H groups in total. The van der Waals surface area contributed by atoms with E-state index in [1.807, 2.05) is 32.0 Å². The van der Waals surface area contributed by atoms with Crippen molar-refractivity contribution in [2.75, 3.05) is 32.2 Å². The Morgan fingerprint density at radius 3 is 2.77 bits per heavy atom. The zero-order valence-corrected chi connectivity index (χ0v) is 18.4. The van der Waals surface area contributed by atoms with Gasteiger partial charge in [-0.25, -0.2) is 5.43 Å². The van der Waals surface area contributed by atoms with Crippen LogP contribution in [0, 0.1) is 5.92 Å². The number of rotatable bonds is 9. The number of nitrogens with one attached hydrogen (secondary N) is 1. The molecule has 1 aliphatic carbocycles. The third-order valence-electron chi connectivity index (χ3n) is 5.55. The predicted octanol–water partition coefficient (Wildman–Crippen LogP) is 2.95. The number of amides is 2. The average Bonchev–Trinajstić information content (AvgIpc) is 3.45. The summed E-state index contributed by atoms with van der Waals surface area (Å²) in [7, 11) is 1.63. The SMILES string of the molecule is COc1ccc(C2CC(=O)N(CC(=O)Nn3snc3C(C)C)C2)cc1OCC1CC1. The van der Waals surface area contributed by atoms with Crippen LogP contribution >= 0.6 is 11.7 Å². The molecule has 2 heterocycles. The van der Waals surface area contributed by atoms with Gasteiger partial charge in [-0.15, -0.1) is 0 Å². The molecule has 0 spiro atoms. The zero-order valence-electron chi connectivity index (χ0n) is 17.6. The van der Waals surface area contributed by atoms with Crippen LogP contribution in [0.15, 0.2) is 18.2 Å². The quantitative estimate of drug-likeness (QED) is 0.658. The smallest absolute Gasteiger partial charge is 0.259 e. The minimum Gasteiger partial charge on any atom is -0.493 e. The number of hydrogen-bond acceptors (Lipinski definition) is 6.